The Bertz CT molecular complexity index is 337. The molecule has 0 unspecified atom stereocenters. The summed E-state index contributed by atoms with van der Waals surface area (Å²) in [7, 11) is 0. The Balaban J connectivity index is 3.13. The second-order valence-corrected chi connectivity index (χ2v) is 2.47. The lowest BCUT2D eigenvalue weighted by Crippen LogP contribution is -1.92. The van der Waals surface area contributed by atoms with Crippen molar-refractivity contribution < 1.29 is 9.90 Å². The van der Waals surface area contributed by atoms with Crippen molar-refractivity contribution >= 4 is 17.5 Å². The fourth-order valence-corrected chi connectivity index (χ4v) is 0.816. The molecule has 0 aliphatic rings. The van der Waals surface area contributed by atoms with Gasteiger partial charge >= 0.3 is 5.91 Å². The minimum Gasteiger partial charge on any atom is -0.506 e. The highest BCUT2D eigenvalue weighted by Gasteiger charge is 2.07. The molecule has 4 nitrogen and oxygen atoms in total. The van der Waals surface area contributed by atoms with E-state index in [0.29, 0.717) is 0 Å². The summed E-state index contributed by atoms with van der Waals surface area (Å²) in [6.07, 6.45) is 0. The molecule has 1 amide bonds. The quantitative estimate of drug-likeness (QED) is 0.680. The van der Waals surface area contributed by atoms with Crippen LogP contribution in [0.5, 0.6) is 5.75 Å². The van der Waals surface area contributed by atoms with Gasteiger partial charge in [0.15, 0.2) is 0 Å². The number of carbonyl (C=O) groups excluding carboxylic acids is 1. The molecule has 5 heteroatoms. The van der Waals surface area contributed by atoms with Crippen molar-refractivity contribution in [1.29, 1.82) is 0 Å². The largest absolute Gasteiger partial charge is 0.506 e. The summed E-state index contributed by atoms with van der Waals surface area (Å²) in [5.74, 6) is -1.17. The molecule has 62 valence electrons. The van der Waals surface area contributed by atoms with Gasteiger partial charge in [-0.05, 0) is 18.2 Å². The third-order valence-electron chi connectivity index (χ3n) is 1.28. The standard InChI is InChI=1S/C7H4ClNO3/c8-5-2-1-4(3-6(5)10)7(11)9-12/h1-3,10H. The molecular weight excluding hydrogens is 182 g/mol. The summed E-state index contributed by atoms with van der Waals surface area (Å²) in [5.41, 5.74) is 0.0203. The van der Waals surface area contributed by atoms with E-state index in [4.69, 9.17) is 16.7 Å². The van der Waals surface area contributed by atoms with Crippen LogP contribution in [0.3, 0.4) is 0 Å². The normalized spacial score (nSPS) is 9.42. The van der Waals surface area contributed by atoms with Gasteiger partial charge in [-0.1, -0.05) is 11.6 Å². The van der Waals surface area contributed by atoms with Crippen LogP contribution >= 0.6 is 11.6 Å². The molecule has 0 saturated heterocycles. The van der Waals surface area contributed by atoms with Gasteiger partial charge in [0, 0.05) is 10.7 Å². The first-order chi connectivity index (χ1) is 5.65. The second kappa shape index (κ2) is 3.32. The summed E-state index contributed by atoms with van der Waals surface area (Å²) in [5, 5.41) is 11.3. The van der Waals surface area contributed by atoms with Crippen molar-refractivity contribution in [2.75, 3.05) is 0 Å². The number of nitroso groups, excluding NO2 is 1. The van der Waals surface area contributed by atoms with Gasteiger partial charge in [0.25, 0.3) is 0 Å². The van der Waals surface area contributed by atoms with E-state index < -0.39 is 5.91 Å². The first kappa shape index (κ1) is 8.67. The minimum absolute atomic E-state index is 0.0203. The van der Waals surface area contributed by atoms with E-state index in [9.17, 15) is 9.70 Å². The average molecular weight is 186 g/mol. The summed E-state index contributed by atoms with van der Waals surface area (Å²) in [6, 6.07) is 3.72. The minimum atomic E-state index is -0.929. The third kappa shape index (κ3) is 1.60. The molecule has 0 spiro atoms. The zero-order valence-electron chi connectivity index (χ0n) is 5.82. The lowest BCUT2D eigenvalue weighted by atomic mass is 10.2. The van der Waals surface area contributed by atoms with E-state index in [0.717, 1.165) is 6.07 Å². The summed E-state index contributed by atoms with van der Waals surface area (Å²) >= 11 is 5.46. The van der Waals surface area contributed by atoms with Gasteiger partial charge in [-0.2, -0.15) is 0 Å². The van der Waals surface area contributed by atoms with E-state index in [-0.39, 0.29) is 16.3 Å². The van der Waals surface area contributed by atoms with Gasteiger partial charge in [0.2, 0.25) is 0 Å². The Morgan fingerprint density at radius 2 is 2.17 bits per heavy atom. The predicted molar refractivity (Wildman–Crippen MR) is 43.2 cm³/mol. The topological polar surface area (TPSA) is 66.7 Å². The van der Waals surface area contributed by atoms with Crippen molar-refractivity contribution in [1.82, 2.24) is 0 Å². The summed E-state index contributed by atoms with van der Waals surface area (Å²) < 4.78 is 0. The zero-order valence-corrected chi connectivity index (χ0v) is 6.58. The van der Waals surface area contributed by atoms with Crippen LogP contribution in [0.2, 0.25) is 5.02 Å². The Morgan fingerprint density at radius 1 is 1.50 bits per heavy atom. The molecule has 0 aliphatic heterocycles. The van der Waals surface area contributed by atoms with E-state index in [1.54, 1.807) is 0 Å². The predicted octanol–water partition coefficient (Wildman–Crippen LogP) is 1.95. The van der Waals surface area contributed by atoms with Gasteiger partial charge in [0.1, 0.15) is 5.75 Å². The van der Waals surface area contributed by atoms with Gasteiger partial charge in [-0.3, -0.25) is 4.79 Å². The number of nitrogens with zero attached hydrogens (tertiary/aromatic N) is 1. The number of halogens is 1. The average Bonchev–Trinajstić information content (AvgIpc) is 2.08. The monoisotopic (exact) mass is 185 g/mol. The van der Waals surface area contributed by atoms with E-state index >= 15 is 0 Å². The molecular formula is C7H4ClNO3. The lowest BCUT2D eigenvalue weighted by Gasteiger charge is -1.96. The van der Waals surface area contributed by atoms with E-state index in [1.165, 1.54) is 12.1 Å². The van der Waals surface area contributed by atoms with Gasteiger partial charge < -0.3 is 5.11 Å². The number of amides is 1. The lowest BCUT2D eigenvalue weighted by molar-refractivity contribution is 0.100. The first-order valence-corrected chi connectivity index (χ1v) is 3.39. The molecule has 0 fully saturated rings. The molecule has 0 heterocycles. The third-order valence-corrected chi connectivity index (χ3v) is 1.60. The molecule has 1 N–H and O–H groups in total. The van der Waals surface area contributed by atoms with Crippen LogP contribution in [0.4, 0.5) is 0 Å². The second-order valence-electron chi connectivity index (χ2n) is 2.06. The number of aromatic hydroxyl groups is 1. The number of phenols is 1. The van der Waals surface area contributed by atoms with Crippen LogP contribution in [-0.4, -0.2) is 11.0 Å². The van der Waals surface area contributed by atoms with Crippen molar-refractivity contribution in [2.24, 2.45) is 5.18 Å². The van der Waals surface area contributed by atoms with Crippen molar-refractivity contribution in [3.63, 3.8) is 0 Å². The zero-order chi connectivity index (χ0) is 9.14. The SMILES string of the molecule is O=NC(=O)c1ccc(Cl)c(O)c1. The Kier molecular flexibility index (Phi) is 2.40. The van der Waals surface area contributed by atoms with Gasteiger partial charge in [-0.25, -0.2) is 0 Å². The number of carbonyl (C=O) groups is 1. The smallest absolute Gasteiger partial charge is 0.316 e. The van der Waals surface area contributed by atoms with Crippen LogP contribution < -0.4 is 0 Å². The van der Waals surface area contributed by atoms with Gasteiger partial charge in [-0.15, -0.1) is 4.91 Å². The van der Waals surface area contributed by atoms with E-state index in [1.807, 2.05) is 0 Å². The maximum Gasteiger partial charge on any atom is 0.316 e. The highest BCUT2D eigenvalue weighted by atomic mass is 35.5. The fraction of sp³-hybridized carbons (Fsp3) is 0. The first-order valence-electron chi connectivity index (χ1n) is 3.01. The van der Waals surface area contributed by atoms with Crippen LogP contribution in [0.15, 0.2) is 23.4 Å². The summed E-state index contributed by atoms with van der Waals surface area (Å²) in [6.45, 7) is 0. The Morgan fingerprint density at radius 3 is 2.67 bits per heavy atom. The van der Waals surface area contributed by atoms with Crippen LogP contribution in [-0.2, 0) is 0 Å². The molecule has 1 aromatic carbocycles. The van der Waals surface area contributed by atoms with Gasteiger partial charge in [0.05, 0.1) is 5.02 Å². The van der Waals surface area contributed by atoms with Crippen LogP contribution in [0.25, 0.3) is 0 Å². The summed E-state index contributed by atoms with van der Waals surface area (Å²) in [4.78, 5) is 20.4. The van der Waals surface area contributed by atoms with Crippen molar-refractivity contribution in [3.8, 4) is 5.75 Å². The number of phenolic OH excluding ortho intramolecular Hbond substituents is 1. The van der Waals surface area contributed by atoms with Crippen molar-refractivity contribution in [2.45, 2.75) is 0 Å². The highest BCUT2D eigenvalue weighted by molar-refractivity contribution is 6.32. The van der Waals surface area contributed by atoms with Crippen molar-refractivity contribution in [3.05, 3.63) is 33.7 Å². The molecule has 0 aliphatic carbocycles. The van der Waals surface area contributed by atoms with Crippen LogP contribution in [0.1, 0.15) is 10.4 Å². The fourth-order valence-electron chi connectivity index (χ4n) is 0.698. The highest BCUT2D eigenvalue weighted by Crippen LogP contribution is 2.23. The molecule has 0 saturated carbocycles. The molecule has 0 aromatic heterocycles. The molecule has 12 heavy (non-hydrogen) atoms. The molecule has 0 bridgehead atoms. The molecule has 1 aromatic rings. The van der Waals surface area contributed by atoms with E-state index in [2.05, 4.69) is 5.18 Å². The number of benzene rings is 1. The molecule has 1 rings (SSSR count). The number of hydrogen-bond acceptors (Lipinski definition) is 3. The maximum absolute atomic E-state index is 10.6. The number of rotatable bonds is 1. The number of hydrogen-bond donors (Lipinski definition) is 1. The molecule has 0 radical (unpaired) electrons. The maximum atomic E-state index is 10.6. The Hall–Kier alpha value is -1.42. The van der Waals surface area contributed by atoms with Crippen LogP contribution in [0, 0.1) is 4.91 Å². The molecule has 0 atom stereocenters. The Labute approximate surface area is 72.8 Å².